The lowest BCUT2D eigenvalue weighted by molar-refractivity contribution is -0.139. The van der Waals surface area contributed by atoms with Gasteiger partial charge < -0.3 is 15.1 Å². The molecule has 0 aromatic rings. The van der Waals surface area contributed by atoms with Crippen LogP contribution in [0.3, 0.4) is 0 Å². The van der Waals surface area contributed by atoms with Crippen molar-refractivity contribution >= 4 is 11.8 Å². The molecule has 2 amide bonds. The average Bonchev–Trinajstić information content (AvgIpc) is 2.72. The highest BCUT2D eigenvalue weighted by Crippen LogP contribution is 2.25. The molecule has 0 aromatic heterocycles. The van der Waals surface area contributed by atoms with Crippen molar-refractivity contribution in [3.05, 3.63) is 12.2 Å². The molecule has 5 heteroatoms. The minimum Gasteiger partial charge on any atom is -0.353 e. The molecule has 1 aliphatic heterocycles. The van der Waals surface area contributed by atoms with E-state index in [0.29, 0.717) is 19.1 Å². The van der Waals surface area contributed by atoms with E-state index in [9.17, 15) is 9.59 Å². The van der Waals surface area contributed by atoms with E-state index in [4.69, 9.17) is 0 Å². The maximum absolute atomic E-state index is 12.1. The number of likely N-dealkylation sites (N-methyl/N-ethyl adjacent to an activating group) is 1. The van der Waals surface area contributed by atoms with Gasteiger partial charge in [-0.15, -0.1) is 0 Å². The Morgan fingerprint density at radius 3 is 2.57 bits per heavy atom. The molecule has 1 N–H and O–H groups in total. The second kappa shape index (κ2) is 7.07. The van der Waals surface area contributed by atoms with Crippen LogP contribution in [0.2, 0.25) is 0 Å². The molecule has 2 atom stereocenters. The fraction of sp³-hybridized carbons (Fsp3) is 0.750. The molecule has 1 heterocycles. The fourth-order valence-corrected chi connectivity index (χ4v) is 2.95. The van der Waals surface area contributed by atoms with Crippen molar-refractivity contribution in [2.24, 2.45) is 11.8 Å². The number of nitrogens with zero attached hydrogens (tertiary/aromatic N) is 2. The van der Waals surface area contributed by atoms with Crippen molar-refractivity contribution in [3.8, 4) is 0 Å². The van der Waals surface area contributed by atoms with Gasteiger partial charge in [0.2, 0.25) is 11.8 Å². The van der Waals surface area contributed by atoms with Crippen LogP contribution in [0.4, 0.5) is 0 Å². The quantitative estimate of drug-likeness (QED) is 0.765. The van der Waals surface area contributed by atoms with Gasteiger partial charge in [0.15, 0.2) is 0 Å². The zero-order valence-corrected chi connectivity index (χ0v) is 13.3. The first-order valence-electron chi connectivity index (χ1n) is 7.86. The van der Waals surface area contributed by atoms with Crippen molar-refractivity contribution < 1.29 is 9.59 Å². The number of carbonyl (C=O) groups is 2. The van der Waals surface area contributed by atoms with Crippen LogP contribution in [0.25, 0.3) is 0 Å². The van der Waals surface area contributed by atoms with Crippen LogP contribution in [0, 0.1) is 11.8 Å². The van der Waals surface area contributed by atoms with Gasteiger partial charge in [-0.05, 0) is 39.3 Å². The van der Waals surface area contributed by atoms with E-state index in [0.717, 1.165) is 25.3 Å². The van der Waals surface area contributed by atoms with Gasteiger partial charge in [-0.1, -0.05) is 13.0 Å². The topological polar surface area (TPSA) is 52.7 Å². The van der Waals surface area contributed by atoms with Gasteiger partial charge >= 0.3 is 0 Å². The highest BCUT2D eigenvalue weighted by Gasteiger charge is 2.36. The largest absolute Gasteiger partial charge is 0.353 e. The maximum Gasteiger partial charge on any atom is 0.246 e. The second-order valence-corrected chi connectivity index (χ2v) is 6.73. The third-order valence-corrected chi connectivity index (χ3v) is 4.34. The van der Waals surface area contributed by atoms with E-state index in [1.807, 2.05) is 25.1 Å². The van der Waals surface area contributed by atoms with E-state index in [1.54, 1.807) is 11.0 Å². The van der Waals surface area contributed by atoms with Crippen molar-refractivity contribution in [3.63, 3.8) is 0 Å². The minimum atomic E-state index is -0.0212. The third kappa shape index (κ3) is 4.56. The van der Waals surface area contributed by atoms with Gasteiger partial charge in [0.1, 0.15) is 0 Å². The molecule has 21 heavy (non-hydrogen) atoms. The van der Waals surface area contributed by atoms with Crippen molar-refractivity contribution in [2.75, 3.05) is 33.7 Å². The Bertz CT molecular complexity index is 414. The summed E-state index contributed by atoms with van der Waals surface area (Å²) in [5.41, 5.74) is 0. The lowest BCUT2D eigenvalue weighted by Crippen LogP contribution is -2.56. The predicted octanol–water partition coefficient (Wildman–Crippen LogP) is 0.867. The molecule has 2 rings (SSSR count). The monoisotopic (exact) mass is 293 g/mol. The minimum absolute atomic E-state index is 0.00962. The normalized spacial score (nSPS) is 26.4. The number of hydrogen-bond acceptors (Lipinski definition) is 3. The summed E-state index contributed by atoms with van der Waals surface area (Å²) in [6, 6.07) is 0.345. The number of carbonyl (C=O) groups excluding carboxylic acids is 2. The number of hydrogen-bond donors (Lipinski definition) is 1. The SMILES string of the molecule is CC1CCC(NC(=O)C2CN(C(=O)/C=C/CN(C)C)C2)C1. The van der Waals surface area contributed by atoms with Gasteiger partial charge in [0.25, 0.3) is 0 Å². The second-order valence-electron chi connectivity index (χ2n) is 6.73. The van der Waals surface area contributed by atoms with Gasteiger partial charge in [0.05, 0.1) is 5.92 Å². The lowest BCUT2D eigenvalue weighted by Gasteiger charge is -2.38. The molecule has 1 saturated carbocycles. The Morgan fingerprint density at radius 2 is 2.00 bits per heavy atom. The molecular formula is C16H27N3O2. The smallest absolute Gasteiger partial charge is 0.246 e. The first-order valence-corrected chi connectivity index (χ1v) is 7.86. The first-order chi connectivity index (χ1) is 9.95. The predicted molar refractivity (Wildman–Crippen MR) is 82.7 cm³/mol. The van der Waals surface area contributed by atoms with E-state index >= 15 is 0 Å². The van der Waals surface area contributed by atoms with Crippen LogP contribution >= 0.6 is 0 Å². The average molecular weight is 293 g/mol. The highest BCUT2D eigenvalue weighted by atomic mass is 16.2. The number of likely N-dealkylation sites (tertiary alicyclic amines) is 1. The summed E-state index contributed by atoms with van der Waals surface area (Å²) in [6.45, 7) is 4.10. The summed E-state index contributed by atoms with van der Waals surface area (Å²) in [6.07, 6.45) is 6.85. The van der Waals surface area contributed by atoms with Gasteiger partial charge in [-0.2, -0.15) is 0 Å². The van der Waals surface area contributed by atoms with Crippen molar-refractivity contribution in [2.45, 2.75) is 32.2 Å². The van der Waals surface area contributed by atoms with E-state index in [1.165, 1.54) is 6.42 Å². The number of rotatable bonds is 5. The Labute approximate surface area is 127 Å². The van der Waals surface area contributed by atoms with Gasteiger partial charge in [-0.25, -0.2) is 0 Å². The molecule has 2 aliphatic rings. The van der Waals surface area contributed by atoms with Crippen LogP contribution in [-0.2, 0) is 9.59 Å². The third-order valence-electron chi connectivity index (χ3n) is 4.34. The Hall–Kier alpha value is -1.36. The van der Waals surface area contributed by atoms with E-state index < -0.39 is 0 Å². The van der Waals surface area contributed by atoms with Gasteiger partial charge in [-0.3, -0.25) is 9.59 Å². The van der Waals surface area contributed by atoms with Crippen molar-refractivity contribution in [1.82, 2.24) is 15.1 Å². The van der Waals surface area contributed by atoms with Crippen LogP contribution < -0.4 is 5.32 Å². The summed E-state index contributed by atoms with van der Waals surface area (Å²) in [7, 11) is 3.92. The summed E-state index contributed by atoms with van der Waals surface area (Å²) in [5.74, 6) is 0.828. The Kier molecular flexibility index (Phi) is 5.39. The van der Waals surface area contributed by atoms with Crippen LogP contribution in [-0.4, -0.2) is 61.4 Å². The molecule has 1 saturated heterocycles. The first kappa shape index (κ1) is 16.0. The zero-order valence-electron chi connectivity index (χ0n) is 13.3. The Morgan fingerprint density at radius 1 is 1.29 bits per heavy atom. The number of nitrogens with one attached hydrogen (secondary N) is 1. The molecule has 2 unspecified atom stereocenters. The summed E-state index contributed by atoms with van der Waals surface area (Å²) in [5, 5.41) is 3.13. The van der Waals surface area contributed by atoms with E-state index in [2.05, 4.69) is 12.2 Å². The molecule has 0 spiro atoms. The standard InChI is InChI=1S/C16H27N3O2/c1-12-6-7-14(9-12)17-16(21)13-10-19(11-13)15(20)5-4-8-18(2)3/h4-5,12-14H,6-11H2,1-3H3,(H,17,21)/b5-4+. The molecule has 0 aromatic carbocycles. The van der Waals surface area contributed by atoms with E-state index in [-0.39, 0.29) is 17.7 Å². The summed E-state index contributed by atoms with van der Waals surface area (Å²) >= 11 is 0. The molecule has 1 aliphatic carbocycles. The van der Waals surface area contributed by atoms with Crippen molar-refractivity contribution in [1.29, 1.82) is 0 Å². The molecule has 2 fully saturated rings. The van der Waals surface area contributed by atoms with Crippen LogP contribution in [0.15, 0.2) is 12.2 Å². The van der Waals surface area contributed by atoms with Gasteiger partial charge in [0, 0.05) is 31.8 Å². The maximum atomic E-state index is 12.1. The number of amides is 2. The Balaban J connectivity index is 1.67. The van der Waals surface area contributed by atoms with Crippen LogP contribution in [0.1, 0.15) is 26.2 Å². The summed E-state index contributed by atoms with van der Waals surface area (Å²) < 4.78 is 0. The lowest BCUT2D eigenvalue weighted by atomic mass is 9.98. The molecule has 118 valence electrons. The zero-order chi connectivity index (χ0) is 15.4. The molecule has 0 bridgehead atoms. The van der Waals surface area contributed by atoms with Crippen LogP contribution in [0.5, 0.6) is 0 Å². The highest BCUT2D eigenvalue weighted by molar-refractivity contribution is 5.90. The molecule has 0 radical (unpaired) electrons. The molecule has 5 nitrogen and oxygen atoms in total. The molecular weight excluding hydrogens is 266 g/mol. The fourth-order valence-electron chi connectivity index (χ4n) is 2.95. The summed E-state index contributed by atoms with van der Waals surface area (Å²) in [4.78, 5) is 27.7.